The van der Waals surface area contributed by atoms with E-state index in [1.807, 2.05) is 0 Å². The highest BCUT2D eigenvalue weighted by atomic mass is 35.5. The number of rotatable bonds is 3. The van der Waals surface area contributed by atoms with Crippen LogP contribution in [0.2, 0.25) is 5.02 Å². The molecule has 0 aliphatic carbocycles. The summed E-state index contributed by atoms with van der Waals surface area (Å²) in [5.41, 5.74) is -0.765. The Bertz CT molecular complexity index is 1460. The van der Waals surface area contributed by atoms with Gasteiger partial charge in [-0.3, -0.25) is 9.59 Å². The molecule has 0 fully saturated rings. The molecule has 2 aromatic carbocycles. The first kappa shape index (κ1) is 20.5. The number of fused-ring (bicyclic) bond motifs is 1. The molecule has 156 valence electrons. The summed E-state index contributed by atoms with van der Waals surface area (Å²) in [6.07, 6.45) is 0. The van der Waals surface area contributed by atoms with Crippen molar-refractivity contribution in [2.24, 2.45) is 7.05 Å². The van der Waals surface area contributed by atoms with Crippen LogP contribution in [-0.2, 0) is 7.05 Å². The molecule has 2 aromatic heterocycles. The van der Waals surface area contributed by atoms with E-state index >= 15 is 0 Å². The zero-order valence-corrected chi connectivity index (χ0v) is 17.1. The van der Waals surface area contributed by atoms with Gasteiger partial charge in [-0.2, -0.15) is 5.10 Å². The Hall–Kier alpha value is -3.78. The second-order valence-electron chi connectivity index (χ2n) is 6.69. The first-order valence-corrected chi connectivity index (χ1v) is 9.42. The van der Waals surface area contributed by atoms with Gasteiger partial charge in [0.2, 0.25) is 5.43 Å². The monoisotopic (exact) mass is 440 g/mol. The average Bonchev–Trinajstić information content (AvgIpc) is 2.72. The third-order valence-corrected chi connectivity index (χ3v) is 4.95. The van der Waals surface area contributed by atoms with Crippen LogP contribution < -0.4 is 15.7 Å². The van der Waals surface area contributed by atoms with Crippen molar-refractivity contribution >= 4 is 28.5 Å². The summed E-state index contributed by atoms with van der Waals surface area (Å²) in [4.78, 5) is 36.8. The maximum atomic E-state index is 14.4. The highest BCUT2D eigenvalue weighted by Gasteiger charge is 2.20. The fourth-order valence-corrected chi connectivity index (χ4v) is 3.40. The SMILES string of the molecule is Cc1oc2cc(OC(=O)c3ccc(=O)n(C)n3)ccc2c(=O)c1-c1c(F)cccc1Cl. The fourth-order valence-electron chi connectivity index (χ4n) is 3.15. The number of hydrogen-bond acceptors (Lipinski definition) is 6. The second kappa shape index (κ2) is 7.81. The van der Waals surface area contributed by atoms with Crippen LogP contribution in [0, 0.1) is 12.7 Å². The average molecular weight is 441 g/mol. The molecular weight excluding hydrogens is 427 g/mol. The molecule has 4 rings (SSSR count). The molecule has 0 radical (unpaired) electrons. The van der Waals surface area contributed by atoms with Crippen molar-refractivity contribution in [3.63, 3.8) is 0 Å². The lowest BCUT2D eigenvalue weighted by Crippen LogP contribution is -2.22. The van der Waals surface area contributed by atoms with Gasteiger partial charge in [0.15, 0.2) is 5.69 Å². The number of ether oxygens (including phenoxy) is 1. The lowest BCUT2D eigenvalue weighted by molar-refractivity contribution is 0.0726. The van der Waals surface area contributed by atoms with Gasteiger partial charge in [-0.05, 0) is 37.3 Å². The van der Waals surface area contributed by atoms with Crippen LogP contribution in [-0.4, -0.2) is 15.7 Å². The van der Waals surface area contributed by atoms with Gasteiger partial charge in [0, 0.05) is 24.7 Å². The summed E-state index contributed by atoms with van der Waals surface area (Å²) < 4.78 is 26.4. The number of hydrogen-bond donors (Lipinski definition) is 0. The Morgan fingerprint density at radius 1 is 1.13 bits per heavy atom. The lowest BCUT2D eigenvalue weighted by atomic mass is 10.0. The largest absolute Gasteiger partial charge is 0.460 e. The zero-order chi connectivity index (χ0) is 22.3. The van der Waals surface area contributed by atoms with Crippen LogP contribution in [0.5, 0.6) is 5.75 Å². The van der Waals surface area contributed by atoms with Crippen molar-refractivity contribution in [3.05, 3.63) is 91.4 Å². The Labute approximate surface area is 179 Å². The van der Waals surface area contributed by atoms with Crippen LogP contribution >= 0.6 is 11.6 Å². The summed E-state index contributed by atoms with van der Waals surface area (Å²) in [7, 11) is 1.41. The molecule has 0 saturated heterocycles. The second-order valence-corrected chi connectivity index (χ2v) is 7.09. The minimum atomic E-state index is -0.788. The van der Waals surface area contributed by atoms with Crippen LogP contribution in [0.1, 0.15) is 16.2 Å². The van der Waals surface area contributed by atoms with E-state index in [1.54, 1.807) is 0 Å². The van der Waals surface area contributed by atoms with Crippen LogP contribution in [0.4, 0.5) is 4.39 Å². The van der Waals surface area contributed by atoms with E-state index in [1.165, 1.54) is 62.5 Å². The highest BCUT2D eigenvalue weighted by molar-refractivity contribution is 6.33. The zero-order valence-electron chi connectivity index (χ0n) is 16.3. The quantitative estimate of drug-likeness (QED) is 0.355. The topological polar surface area (TPSA) is 91.4 Å². The smallest absolute Gasteiger partial charge is 0.364 e. The van der Waals surface area contributed by atoms with Crippen molar-refractivity contribution in [1.82, 2.24) is 9.78 Å². The molecule has 0 amide bonds. The number of aromatic nitrogens is 2. The molecular formula is C22H14ClFN2O5. The van der Waals surface area contributed by atoms with Crippen molar-refractivity contribution in [3.8, 4) is 16.9 Å². The molecule has 31 heavy (non-hydrogen) atoms. The summed E-state index contributed by atoms with van der Waals surface area (Å²) in [6.45, 7) is 1.52. The minimum absolute atomic E-state index is 0.0229. The molecule has 9 heteroatoms. The van der Waals surface area contributed by atoms with Gasteiger partial charge in [-0.15, -0.1) is 0 Å². The van der Waals surface area contributed by atoms with Gasteiger partial charge >= 0.3 is 5.97 Å². The molecule has 0 aliphatic rings. The number of halogens is 2. The number of benzene rings is 2. The van der Waals surface area contributed by atoms with Gasteiger partial charge in [0.05, 0.1) is 16.0 Å². The van der Waals surface area contributed by atoms with Gasteiger partial charge in [0.25, 0.3) is 5.56 Å². The van der Waals surface area contributed by atoms with Crippen molar-refractivity contribution in [2.75, 3.05) is 0 Å². The van der Waals surface area contributed by atoms with E-state index in [4.69, 9.17) is 20.8 Å². The van der Waals surface area contributed by atoms with Crippen LogP contribution in [0.25, 0.3) is 22.1 Å². The molecule has 2 heterocycles. The summed E-state index contributed by atoms with van der Waals surface area (Å²) in [5.74, 6) is -1.17. The maximum Gasteiger partial charge on any atom is 0.364 e. The number of carbonyl (C=O) groups is 1. The first-order valence-electron chi connectivity index (χ1n) is 9.04. The van der Waals surface area contributed by atoms with E-state index in [0.29, 0.717) is 0 Å². The standard InChI is InChI=1S/C22H14ClFN2O5/c1-11-19(20-14(23)4-3-5-15(20)24)21(28)13-7-6-12(10-17(13)30-11)31-22(29)16-8-9-18(27)26(2)25-16/h3-10H,1-2H3. The molecule has 0 aliphatic heterocycles. The van der Waals surface area contributed by atoms with Gasteiger partial charge in [-0.25, -0.2) is 13.9 Å². The van der Waals surface area contributed by atoms with E-state index in [2.05, 4.69) is 5.10 Å². The van der Waals surface area contributed by atoms with E-state index in [9.17, 15) is 18.8 Å². The Kier molecular flexibility index (Phi) is 5.16. The summed E-state index contributed by atoms with van der Waals surface area (Å²) in [6, 6.07) is 10.8. The molecule has 4 aromatic rings. The van der Waals surface area contributed by atoms with Crippen molar-refractivity contribution in [2.45, 2.75) is 6.92 Å². The fraction of sp³-hybridized carbons (Fsp3) is 0.0909. The van der Waals surface area contributed by atoms with Crippen molar-refractivity contribution < 1.29 is 18.3 Å². The minimum Gasteiger partial charge on any atom is -0.460 e. The maximum absolute atomic E-state index is 14.4. The third-order valence-electron chi connectivity index (χ3n) is 4.63. The summed E-state index contributed by atoms with van der Waals surface area (Å²) >= 11 is 6.12. The van der Waals surface area contributed by atoms with Gasteiger partial charge < -0.3 is 9.15 Å². The molecule has 0 N–H and O–H groups in total. The molecule has 0 spiro atoms. The number of esters is 1. The van der Waals surface area contributed by atoms with Gasteiger partial charge in [-0.1, -0.05) is 17.7 Å². The number of nitrogens with zero attached hydrogens (tertiary/aromatic N) is 2. The molecule has 0 bridgehead atoms. The number of aryl methyl sites for hydroxylation is 2. The lowest BCUT2D eigenvalue weighted by Gasteiger charge is -2.10. The van der Waals surface area contributed by atoms with Gasteiger partial charge in [0.1, 0.15) is 22.9 Å². The Morgan fingerprint density at radius 2 is 1.90 bits per heavy atom. The van der Waals surface area contributed by atoms with Crippen LogP contribution in [0.3, 0.4) is 0 Å². The normalized spacial score (nSPS) is 11.0. The van der Waals surface area contributed by atoms with Crippen LogP contribution in [0.15, 0.2) is 62.5 Å². The van der Waals surface area contributed by atoms with E-state index in [-0.39, 0.29) is 49.9 Å². The predicted molar refractivity (Wildman–Crippen MR) is 112 cm³/mol. The van der Waals surface area contributed by atoms with E-state index in [0.717, 1.165) is 4.68 Å². The molecule has 0 atom stereocenters. The highest BCUT2D eigenvalue weighted by Crippen LogP contribution is 2.32. The van der Waals surface area contributed by atoms with E-state index < -0.39 is 17.2 Å². The molecule has 7 nitrogen and oxygen atoms in total. The Balaban J connectivity index is 1.76. The summed E-state index contributed by atoms with van der Waals surface area (Å²) in [5, 5.41) is 4.08. The third kappa shape index (κ3) is 3.73. The van der Waals surface area contributed by atoms with Crippen molar-refractivity contribution in [1.29, 1.82) is 0 Å². The molecule has 0 unspecified atom stereocenters. The number of carbonyl (C=O) groups excluding carboxylic acids is 1. The molecule has 0 saturated carbocycles. The predicted octanol–water partition coefficient (Wildman–Crippen LogP) is 3.87. The first-order chi connectivity index (χ1) is 14.8. The Morgan fingerprint density at radius 3 is 2.61 bits per heavy atom.